The van der Waals surface area contributed by atoms with E-state index in [0.29, 0.717) is 16.5 Å². The molecule has 0 bridgehead atoms. The summed E-state index contributed by atoms with van der Waals surface area (Å²) in [5, 5.41) is 3.71. The molecule has 0 saturated heterocycles. The van der Waals surface area contributed by atoms with Crippen LogP contribution in [0.3, 0.4) is 0 Å². The zero-order chi connectivity index (χ0) is 15.6. The normalized spacial score (nSPS) is 12.1. The number of rotatable bonds is 4. The smallest absolute Gasteiger partial charge is 0.143 e. The lowest BCUT2D eigenvalue weighted by atomic mass is 10.1. The molecular formula is C16H16ClF2NO. The molecule has 0 spiro atoms. The van der Waals surface area contributed by atoms with Crippen molar-refractivity contribution in [1.82, 2.24) is 0 Å². The molecule has 2 aromatic carbocycles. The van der Waals surface area contributed by atoms with Crippen molar-refractivity contribution in [3.05, 3.63) is 58.1 Å². The van der Waals surface area contributed by atoms with Gasteiger partial charge in [-0.25, -0.2) is 8.78 Å². The van der Waals surface area contributed by atoms with Crippen LogP contribution in [0.25, 0.3) is 0 Å². The third-order valence-electron chi connectivity index (χ3n) is 3.28. The summed E-state index contributed by atoms with van der Waals surface area (Å²) in [7, 11) is 1.53. The second-order valence-corrected chi connectivity index (χ2v) is 5.24. The number of benzene rings is 2. The summed E-state index contributed by atoms with van der Waals surface area (Å²) in [5.74, 6) is -0.380. The van der Waals surface area contributed by atoms with Gasteiger partial charge in [-0.15, -0.1) is 0 Å². The Morgan fingerprint density at radius 1 is 1.19 bits per heavy atom. The third kappa shape index (κ3) is 3.45. The van der Waals surface area contributed by atoms with Gasteiger partial charge in [0, 0.05) is 16.7 Å². The van der Waals surface area contributed by atoms with E-state index < -0.39 is 17.7 Å². The highest BCUT2D eigenvalue weighted by Crippen LogP contribution is 2.33. The van der Waals surface area contributed by atoms with E-state index in [0.717, 1.165) is 17.7 Å². The standard InChI is InChI=1S/C16H16ClF2NO/c1-9-6-15(16(21-3)8-13(9)17)20-10(2)12-7-11(18)4-5-14(12)19/h4-8,10,20H,1-3H3. The number of hydrogen-bond donors (Lipinski definition) is 1. The van der Waals surface area contributed by atoms with Crippen LogP contribution in [-0.2, 0) is 0 Å². The summed E-state index contributed by atoms with van der Waals surface area (Å²) >= 11 is 6.05. The summed E-state index contributed by atoms with van der Waals surface area (Å²) in [6.45, 7) is 3.61. The monoisotopic (exact) mass is 311 g/mol. The van der Waals surface area contributed by atoms with Crippen molar-refractivity contribution in [2.45, 2.75) is 19.9 Å². The Kier molecular flexibility index (Phi) is 4.68. The van der Waals surface area contributed by atoms with Crippen LogP contribution in [0.2, 0.25) is 5.02 Å². The van der Waals surface area contributed by atoms with Crippen molar-refractivity contribution in [3.63, 3.8) is 0 Å². The highest BCUT2D eigenvalue weighted by Gasteiger charge is 2.15. The number of halogens is 3. The van der Waals surface area contributed by atoms with E-state index in [1.165, 1.54) is 13.2 Å². The maximum Gasteiger partial charge on any atom is 0.143 e. The molecule has 2 nitrogen and oxygen atoms in total. The van der Waals surface area contributed by atoms with Crippen molar-refractivity contribution < 1.29 is 13.5 Å². The number of ether oxygens (including phenoxy) is 1. The minimum absolute atomic E-state index is 0.254. The van der Waals surface area contributed by atoms with Gasteiger partial charge in [-0.1, -0.05) is 11.6 Å². The minimum Gasteiger partial charge on any atom is -0.495 e. The van der Waals surface area contributed by atoms with Crippen LogP contribution in [0.15, 0.2) is 30.3 Å². The molecule has 0 saturated carbocycles. The molecule has 0 aliphatic rings. The molecule has 2 rings (SSSR count). The zero-order valence-electron chi connectivity index (χ0n) is 12.0. The Morgan fingerprint density at radius 3 is 2.57 bits per heavy atom. The van der Waals surface area contributed by atoms with Gasteiger partial charge in [0.15, 0.2) is 0 Å². The van der Waals surface area contributed by atoms with Gasteiger partial charge in [0.25, 0.3) is 0 Å². The first-order chi connectivity index (χ1) is 9.92. The highest BCUT2D eigenvalue weighted by atomic mass is 35.5. The summed E-state index contributed by atoms with van der Waals surface area (Å²) < 4.78 is 32.3. The average Bonchev–Trinajstić information content (AvgIpc) is 2.45. The van der Waals surface area contributed by atoms with Gasteiger partial charge >= 0.3 is 0 Å². The minimum atomic E-state index is -0.473. The van der Waals surface area contributed by atoms with E-state index in [9.17, 15) is 8.78 Å². The van der Waals surface area contributed by atoms with Gasteiger partial charge in [-0.05, 0) is 43.7 Å². The van der Waals surface area contributed by atoms with Gasteiger partial charge < -0.3 is 10.1 Å². The Balaban J connectivity index is 2.33. The predicted molar refractivity (Wildman–Crippen MR) is 81.1 cm³/mol. The van der Waals surface area contributed by atoms with Crippen molar-refractivity contribution in [2.24, 2.45) is 0 Å². The van der Waals surface area contributed by atoms with E-state index in [1.807, 2.05) is 13.0 Å². The molecule has 0 aromatic heterocycles. The fourth-order valence-corrected chi connectivity index (χ4v) is 2.26. The molecule has 1 atom stereocenters. The van der Waals surface area contributed by atoms with Crippen LogP contribution in [0, 0.1) is 18.6 Å². The predicted octanol–water partition coefficient (Wildman–Crippen LogP) is 5.11. The molecule has 5 heteroatoms. The Labute approximate surface area is 127 Å². The summed E-state index contributed by atoms with van der Waals surface area (Å²) in [4.78, 5) is 0. The second-order valence-electron chi connectivity index (χ2n) is 4.83. The average molecular weight is 312 g/mol. The van der Waals surface area contributed by atoms with Crippen molar-refractivity contribution >= 4 is 17.3 Å². The maximum absolute atomic E-state index is 13.8. The van der Waals surface area contributed by atoms with Gasteiger partial charge in [0.05, 0.1) is 18.8 Å². The maximum atomic E-state index is 13.8. The third-order valence-corrected chi connectivity index (χ3v) is 3.68. The number of methoxy groups -OCH3 is 1. The Morgan fingerprint density at radius 2 is 1.90 bits per heavy atom. The number of aryl methyl sites for hydroxylation is 1. The first kappa shape index (κ1) is 15.6. The van der Waals surface area contributed by atoms with E-state index in [1.54, 1.807) is 13.0 Å². The van der Waals surface area contributed by atoms with Crippen LogP contribution in [-0.4, -0.2) is 7.11 Å². The molecular weight excluding hydrogens is 296 g/mol. The lowest BCUT2D eigenvalue weighted by Crippen LogP contribution is -2.10. The van der Waals surface area contributed by atoms with E-state index in [2.05, 4.69) is 5.32 Å². The van der Waals surface area contributed by atoms with Crippen LogP contribution >= 0.6 is 11.6 Å². The second kappa shape index (κ2) is 6.31. The van der Waals surface area contributed by atoms with Crippen molar-refractivity contribution in [3.8, 4) is 5.75 Å². The zero-order valence-corrected chi connectivity index (χ0v) is 12.8. The Bertz CT molecular complexity index is 661. The van der Waals surface area contributed by atoms with E-state index in [-0.39, 0.29) is 5.56 Å². The van der Waals surface area contributed by atoms with E-state index in [4.69, 9.17) is 16.3 Å². The molecule has 21 heavy (non-hydrogen) atoms. The lowest BCUT2D eigenvalue weighted by Gasteiger charge is -2.19. The highest BCUT2D eigenvalue weighted by molar-refractivity contribution is 6.31. The van der Waals surface area contributed by atoms with E-state index >= 15 is 0 Å². The molecule has 0 aliphatic carbocycles. The largest absolute Gasteiger partial charge is 0.495 e. The molecule has 0 heterocycles. The first-order valence-electron chi connectivity index (χ1n) is 6.48. The fraction of sp³-hybridized carbons (Fsp3) is 0.250. The molecule has 0 amide bonds. The van der Waals surface area contributed by atoms with Crippen LogP contribution in [0.4, 0.5) is 14.5 Å². The number of nitrogens with one attached hydrogen (secondary N) is 1. The molecule has 1 N–H and O–H groups in total. The van der Waals surface area contributed by atoms with Crippen LogP contribution in [0.1, 0.15) is 24.1 Å². The summed E-state index contributed by atoms with van der Waals surface area (Å²) in [6, 6.07) is 6.48. The van der Waals surface area contributed by atoms with Gasteiger partial charge in [0.1, 0.15) is 17.4 Å². The van der Waals surface area contributed by atoms with Crippen molar-refractivity contribution in [2.75, 3.05) is 12.4 Å². The Hall–Kier alpha value is -1.81. The number of anilines is 1. The number of hydrogen-bond acceptors (Lipinski definition) is 2. The van der Waals surface area contributed by atoms with Gasteiger partial charge in [-0.3, -0.25) is 0 Å². The van der Waals surface area contributed by atoms with Crippen LogP contribution < -0.4 is 10.1 Å². The molecule has 0 aliphatic heterocycles. The van der Waals surface area contributed by atoms with Gasteiger partial charge in [0.2, 0.25) is 0 Å². The van der Waals surface area contributed by atoms with Crippen LogP contribution in [0.5, 0.6) is 5.75 Å². The molecule has 1 unspecified atom stereocenters. The van der Waals surface area contributed by atoms with Crippen molar-refractivity contribution in [1.29, 1.82) is 0 Å². The molecule has 112 valence electrons. The molecule has 0 radical (unpaired) electrons. The lowest BCUT2D eigenvalue weighted by molar-refractivity contribution is 0.416. The summed E-state index contributed by atoms with van der Waals surface area (Å²) in [6.07, 6.45) is 0. The quantitative estimate of drug-likeness (QED) is 0.847. The molecule has 0 fully saturated rings. The first-order valence-corrected chi connectivity index (χ1v) is 6.85. The summed E-state index contributed by atoms with van der Waals surface area (Å²) in [5.41, 5.74) is 1.80. The van der Waals surface area contributed by atoms with Gasteiger partial charge in [-0.2, -0.15) is 0 Å². The molecule has 2 aromatic rings. The SMILES string of the molecule is COc1cc(Cl)c(C)cc1NC(C)c1cc(F)ccc1F. The topological polar surface area (TPSA) is 21.3 Å². The fourth-order valence-electron chi connectivity index (χ4n) is 2.10.